The van der Waals surface area contributed by atoms with Crippen LogP contribution in [0, 0.1) is 0 Å². The number of hydrogen-bond acceptors (Lipinski definition) is 3. The Balaban J connectivity index is 1.76. The molecule has 0 radical (unpaired) electrons. The fourth-order valence-electron chi connectivity index (χ4n) is 4.72. The highest BCUT2D eigenvalue weighted by atomic mass is 19.4. The Morgan fingerprint density at radius 2 is 1.62 bits per heavy atom. The summed E-state index contributed by atoms with van der Waals surface area (Å²) in [6.07, 6.45) is -9.57. The van der Waals surface area contributed by atoms with Crippen molar-refractivity contribution in [1.29, 1.82) is 0 Å². The van der Waals surface area contributed by atoms with Gasteiger partial charge in [0, 0.05) is 38.9 Å². The standard InChI is InChI=1S/C28H32F6N2O3/c1-18(21-14-22(27(29,30)31)16-23(15-21)28(32,33)34)39-25-11-13-36(17-24(25)20-8-4-3-5-9-20)26(38)10-6-7-12-35-19(2)37/h3-5,8-9,14-16,18,24-25H,6-7,10-13,17H2,1-2H3,(H,35,37)/t18-,24+,25+/m1/s1. The summed E-state index contributed by atoms with van der Waals surface area (Å²) >= 11 is 0. The van der Waals surface area contributed by atoms with Gasteiger partial charge in [0.25, 0.3) is 0 Å². The van der Waals surface area contributed by atoms with E-state index in [1.54, 1.807) is 4.90 Å². The Labute approximate surface area is 223 Å². The summed E-state index contributed by atoms with van der Waals surface area (Å²) in [6, 6.07) is 10.7. The molecule has 39 heavy (non-hydrogen) atoms. The van der Waals surface area contributed by atoms with Gasteiger partial charge in [0.15, 0.2) is 0 Å². The summed E-state index contributed by atoms with van der Waals surface area (Å²) in [5.41, 5.74) is -2.14. The van der Waals surface area contributed by atoms with Gasteiger partial charge in [-0.05, 0) is 55.5 Å². The zero-order valence-corrected chi connectivity index (χ0v) is 21.7. The first-order chi connectivity index (χ1) is 18.3. The van der Waals surface area contributed by atoms with Crippen molar-refractivity contribution in [1.82, 2.24) is 10.2 Å². The van der Waals surface area contributed by atoms with Crippen molar-refractivity contribution in [3.8, 4) is 0 Å². The van der Waals surface area contributed by atoms with Gasteiger partial charge in [-0.15, -0.1) is 0 Å². The first-order valence-electron chi connectivity index (χ1n) is 12.8. The van der Waals surface area contributed by atoms with Crippen molar-refractivity contribution < 1.29 is 40.7 Å². The van der Waals surface area contributed by atoms with Crippen LogP contribution in [0.25, 0.3) is 0 Å². The highest BCUT2D eigenvalue weighted by Crippen LogP contribution is 2.39. The average molecular weight is 559 g/mol. The maximum absolute atomic E-state index is 13.4. The first-order valence-corrected chi connectivity index (χ1v) is 12.8. The van der Waals surface area contributed by atoms with Gasteiger partial charge in [0.2, 0.25) is 11.8 Å². The van der Waals surface area contributed by atoms with Crippen LogP contribution < -0.4 is 5.32 Å². The molecule has 214 valence electrons. The molecule has 1 aliphatic rings. The summed E-state index contributed by atoms with van der Waals surface area (Å²) in [6.45, 7) is 3.99. The van der Waals surface area contributed by atoms with Gasteiger partial charge in [-0.25, -0.2) is 0 Å². The van der Waals surface area contributed by atoms with Gasteiger partial charge in [-0.2, -0.15) is 26.3 Å². The molecule has 2 aromatic carbocycles. The fraction of sp³-hybridized carbons (Fsp3) is 0.500. The first kappa shape index (κ1) is 30.5. The Morgan fingerprint density at radius 3 is 2.18 bits per heavy atom. The van der Waals surface area contributed by atoms with E-state index in [1.807, 2.05) is 30.3 Å². The molecule has 0 bridgehead atoms. The van der Waals surface area contributed by atoms with Gasteiger partial charge in [0.05, 0.1) is 23.3 Å². The largest absolute Gasteiger partial charge is 0.416 e. The number of rotatable bonds is 9. The molecule has 1 heterocycles. The topological polar surface area (TPSA) is 58.6 Å². The predicted molar refractivity (Wildman–Crippen MR) is 133 cm³/mol. The molecule has 1 N–H and O–H groups in total. The van der Waals surface area contributed by atoms with Gasteiger partial charge >= 0.3 is 12.4 Å². The molecule has 0 aromatic heterocycles. The zero-order valence-electron chi connectivity index (χ0n) is 21.7. The van der Waals surface area contributed by atoms with E-state index in [0.717, 1.165) is 5.56 Å². The number of carbonyl (C=O) groups excluding carboxylic acids is 2. The van der Waals surface area contributed by atoms with E-state index < -0.39 is 35.7 Å². The number of nitrogens with one attached hydrogen (secondary N) is 1. The number of amides is 2. The van der Waals surface area contributed by atoms with E-state index in [1.165, 1.54) is 13.8 Å². The van der Waals surface area contributed by atoms with Crippen LogP contribution in [0.4, 0.5) is 26.3 Å². The molecule has 3 atom stereocenters. The highest BCUT2D eigenvalue weighted by Gasteiger charge is 2.38. The highest BCUT2D eigenvalue weighted by molar-refractivity contribution is 5.76. The van der Waals surface area contributed by atoms with E-state index in [9.17, 15) is 35.9 Å². The monoisotopic (exact) mass is 558 g/mol. The van der Waals surface area contributed by atoms with Gasteiger partial charge in [-0.1, -0.05) is 30.3 Å². The minimum absolute atomic E-state index is 0.0575. The quantitative estimate of drug-likeness (QED) is 0.283. The predicted octanol–water partition coefficient (Wildman–Crippen LogP) is 6.49. The molecule has 0 unspecified atom stereocenters. The molecule has 0 saturated carbocycles. The van der Waals surface area contributed by atoms with Crippen LogP contribution in [-0.2, 0) is 26.7 Å². The molecule has 2 amide bonds. The molecule has 11 heteroatoms. The van der Waals surface area contributed by atoms with Crippen LogP contribution in [0.5, 0.6) is 0 Å². The number of halogens is 6. The van der Waals surface area contributed by atoms with Crippen molar-refractivity contribution in [3.05, 3.63) is 70.8 Å². The van der Waals surface area contributed by atoms with Crippen LogP contribution in [-0.4, -0.2) is 42.5 Å². The lowest BCUT2D eigenvalue weighted by Gasteiger charge is -2.40. The van der Waals surface area contributed by atoms with Crippen LogP contribution in [0.2, 0.25) is 0 Å². The van der Waals surface area contributed by atoms with Crippen molar-refractivity contribution >= 4 is 11.8 Å². The van der Waals surface area contributed by atoms with Crippen LogP contribution in [0.15, 0.2) is 48.5 Å². The van der Waals surface area contributed by atoms with E-state index in [2.05, 4.69) is 5.32 Å². The van der Waals surface area contributed by atoms with E-state index in [4.69, 9.17) is 4.74 Å². The molecule has 5 nitrogen and oxygen atoms in total. The minimum Gasteiger partial charge on any atom is -0.370 e. The van der Waals surface area contributed by atoms with Crippen LogP contribution in [0.3, 0.4) is 0 Å². The Bertz CT molecular complexity index is 1090. The maximum Gasteiger partial charge on any atom is 0.416 e. The molecule has 0 spiro atoms. The SMILES string of the molecule is CC(=O)NCCCCC(=O)N1CC[C@H](O[C@H](C)c2cc(C(F)(F)F)cc(C(F)(F)F)c2)[C@H](c2ccccc2)C1. The normalized spacial score (nSPS) is 19.0. The number of nitrogens with zero attached hydrogens (tertiary/aromatic N) is 1. The zero-order chi connectivity index (χ0) is 28.8. The van der Waals surface area contributed by atoms with E-state index in [0.29, 0.717) is 57.5 Å². The van der Waals surface area contributed by atoms with E-state index >= 15 is 0 Å². The third-order valence-electron chi connectivity index (χ3n) is 6.78. The lowest BCUT2D eigenvalue weighted by atomic mass is 9.87. The summed E-state index contributed by atoms with van der Waals surface area (Å²) in [5.74, 6) is -0.514. The third kappa shape index (κ3) is 8.71. The van der Waals surface area contributed by atoms with Crippen LogP contribution in [0.1, 0.15) is 73.8 Å². The molecule has 2 aromatic rings. The molecular weight excluding hydrogens is 526 g/mol. The Morgan fingerprint density at radius 1 is 1.00 bits per heavy atom. The number of piperidine rings is 1. The lowest BCUT2D eigenvalue weighted by Crippen LogP contribution is -2.46. The third-order valence-corrected chi connectivity index (χ3v) is 6.78. The fourth-order valence-corrected chi connectivity index (χ4v) is 4.72. The van der Waals surface area contributed by atoms with Crippen molar-refractivity contribution in [3.63, 3.8) is 0 Å². The molecule has 1 saturated heterocycles. The van der Waals surface area contributed by atoms with Crippen molar-refractivity contribution in [2.45, 2.75) is 70.0 Å². The lowest BCUT2D eigenvalue weighted by molar-refractivity contribution is -0.143. The Kier molecular flexibility index (Phi) is 10.0. The van der Waals surface area contributed by atoms with Crippen molar-refractivity contribution in [2.24, 2.45) is 0 Å². The second-order valence-electron chi connectivity index (χ2n) is 9.74. The second kappa shape index (κ2) is 12.8. The number of alkyl halides is 6. The number of likely N-dealkylation sites (tertiary alicyclic amines) is 1. The second-order valence-corrected chi connectivity index (χ2v) is 9.74. The summed E-state index contributed by atoms with van der Waals surface area (Å²) in [5, 5.41) is 2.68. The number of unbranched alkanes of at least 4 members (excludes halogenated alkanes) is 1. The molecule has 1 fully saturated rings. The van der Waals surface area contributed by atoms with Gasteiger partial charge in [0.1, 0.15) is 0 Å². The number of carbonyl (C=O) groups is 2. The molecule has 3 rings (SSSR count). The van der Waals surface area contributed by atoms with Gasteiger partial charge < -0.3 is 15.0 Å². The summed E-state index contributed by atoms with van der Waals surface area (Å²) < 4.78 is 86.3. The molecule has 0 aliphatic carbocycles. The Hall–Kier alpha value is -3.08. The minimum atomic E-state index is -4.95. The van der Waals surface area contributed by atoms with Crippen LogP contribution >= 0.6 is 0 Å². The molecular formula is C28H32F6N2O3. The number of ether oxygens (including phenoxy) is 1. The van der Waals surface area contributed by atoms with Gasteiger partial charge in [-0.3, -0.25) is 9.59 Å². The summed E-state index contributed by atoms with van der Waals surface area (Å²) in [4.78, 5) is 25.6. The smallest absolute Gasteiger partial charge is 0.370 e. The summed E-state index contributed by atoms with van der Waals surface area (Å²) in [7, 11) is 0. The van der Waals surface area contributed by atoms with Crippen molar-refractivity contribution in [2.75, 3.05) is 19.6 Å². The maximum atomic E-state index is 13.4. The average Bonchev–Trinajstić information content (AvgIpc) is 2.87. The molecule has 1 aliphatic heterocycles. The number of hydrogen-bond donors (Lipinski definition) is 1. The number of benzene rings is 2. The van der Waals surface area contributed by atoms with E-state index in [-0.39, 0.29) is 29.4 Å².